The molecule has 0 aliphatic heterocycles. The van der Waals surface area contributed by atoms with Crippen LogP contribution < -0.4 is 5.30 Å². The lowest BCUT2D eigenvalue weighted by Crippen LogP contribution is -2.02. The van der Waals surface area contributed by atoms with Crippen LogP contribution in [0, 0.1) is 0 Å². The van der Waals surface area contributed by atoms with Gasteiger partial charge in [0.05, 0.1) is 11.4 Å². The summed E-state index contributed by atoms with van der Waals surface area (Å²) in [6, 6.07) is 52.1. The molecule has 1 heterocycles. The maximum Gasteiger partial charge on any atom is 0.160 e. The Hall–Kier alpha value is -5.11. The molecule has 0 amide bonds. The number of nitrogens with zero attached hydrogens (tertiary/aromatic N) is 2. The summed E-state index contributed by atoms with van der Waals surface area (Å²) in [5.74, 6) is 0.702. The SMILES string of the molecule is CP(C)(=O)c1cccc(-c2ccc(-c3cccc(-c4cc(-c5ccccc5)nc(-c5ccccc5)n4)c3)c3ccccc23)c1. The fourth-order valence-corrected chi connectivity index (χ4v) is 6.62. The van der Waals surface area contributed by atoms with Crippen LogP contribution in [0.25, 0.3) is 66.9 Å². The summed E-state index contributed by atoms with van der Waals surface area (Å²) in [7, 11) is -2.38. The molecule has 0 unspecified atom stereocenters. The number of rotatable bonds is 6. The van der Waals surface area contributed by atoms with Crippen LogP contribution in [0.1, 0.15) is 0 Å². The molecule has 0 aliphatic rings. The first-order chi connectivity index (χ1) is 21.4. The first-order valence-electron chi connectivity index (χ1n) is 14.7. The fraction of sp³-hybridized carbons (Fsp3) is 0.0500. The second-order valence-corrected chi connectivity index (χ2v) is 14.6. The van der Waals surface area contributed by atoms with Crippen molar-refractivity contribution < 1.29 is 4.57 Å². The van der Waals surface area contributed by atoms with Crippen molar-refractivity contribution in [1.29, 1.82) is 0 Å². The van der Waals surface area contributed by atoms with Crippen LogP contribution in [-0.4, -0.2) is 23.3 Å². The van der Waals surface area contributed by atoms with Gasteiger partial charge in [-0.15, -0.1) is 0 Å². The Kier molecular flexibility index (Phi) is 7.26. The smallest absolute Gasteiger partial charge is 0.160 e. The second kappa shape index (κ2) is 11.5. The normalized spacial score (nSPS) is 11.5. The van der Waals surface area contributed by atoms with E-state index in [0.29, 0.717) is 5.82 Å². The molecule has 0 saturated heterocycles. The van der Waals surface area contributed by atoms with Gasteiger partial charge in [0, 0.05) is 22.0 Å². The predicted octanol–water partition coefficient (Wildman–Crippen LogP) is 10.2. The van der Waals surface area contributed by atoms with Gasteiger partial charge in [0.15, 0.2) is 5.82 Å². The Bertz CT molecular complexity index is 2110. The zero-order chi connectivity index (χ0) is 30.1. The zero-order valence-corrected chi connectivity index (χ0v) is 25.6. The van der Waals surface area contributed by atoms with E-state index in [1.807, 2.05) is 74.0 Å². The Morgan fingerprint density at radius 1 is 0.432 bits per heavy atom. The lowest BCUT2D eigenvalue weighted by atomic mass is 9.91. The highest BCUT2D eigenvalue weighted by molar-refractivity contribution is 7.70. The van der Waals surface area contributed by atoms with Gasteiger partial charge in [0.25, 0.3) is 0 Å². The van der Waals surface area contributed by atoms with Crippen LogP contribution in [0.2, 0.25) is 0 Å². The van der Waals surface area contributed by atoms with Crippen molar-refractivity contribution in [3.8, 4) is 56.2 Å². The lowest BCUT2D eigenvalue weighted by molar-refractivity contribution is 0.588. The minimum absolute atomic E-state index is 0.702. The Morgan fingerprint density at radius 2 is 0.909 bits per heavy atom. The van der Waals surface area contributed by atoms with Crippen LogP contribution in [0.15, 0.2) is 152 Å². The molecule has 0 fully saturated rings. The number of aromatic nitrogens is 2. The van der Waals surface area contributed by atoms with E-state index >= 15 is 0 Å². The van der Waals surface area contributed by atoms with Gasteiger partial charge in [0.2, 0.25) is 0 Å². The molecule has 0 radical (unpaired) electrons. The summed E-state index contributed by atoms with van der Waals surface area (Å²) in [5, 5.41) is 3.22. The van der Waals surface area contributed by atoms with Gasteiger partial charge in [-0.1, -0.05) is 133 Å². The van der Waals surface area contributed by atoms with E-state index in [1.54, 1.807) is 0 Å². The average Bonchev–Trinajstić information content (AvgIpc) is 3.08. The Morgan fingerprint density at radius 3 is 1.52 bits per heavy atom. The first-order valence-corrected chi connectivity index (χ1v) is 17.3. The van der Waals surface area contributed by atoms with Crippen molar-refractivity contribution in [3.05, 3.63) is 152 Å². The van der Waals surface area contributed by atoms with Gasteiger partial charge < -0.3 is 4.57 Å². The van der Waals surface area contributed by atoms with Crippen LogP contribution in [0.3, 0.4) is 0 Å². The maximum absolute atomic E-state index is 12.8. The minimum Gasteiger partial charge on any atom is -0.319 e. The molecule has 0 spiro atoms. The van der Waals surface area contributed by atoms with Gasteiger partial charge in [-0.2, -0.15) is 0 Å². The first kappa shape index (κ1) is 27.7. The van der Waals surface area contributed by atoms with Gasteiger partial charge in [-0.3, -0.25) is 0 Å². The summed E-state index contributed by atoms with van der Waals surface area (Å²) < 4.78 is 12.8. The van der Waals surface area contributed by atoms with Gasteiger partial charge in [-0.25, -0.2) is 9.97 Å². The maximum atomic E-state index is 12.8. The van der Waals surface area contributed by atoms with Crippen molar-refractivity contribution >= 4 is 23.2 Å². The molecule has 3 nitrogen and oxygen atoms in total. The van der Waals surface area contributed by atoms with Crippen molar-refractivity contribution in [2.45, 2.75) is 0 Å². The van der Waals surface area contributed by atoms with Crippen LogP contribution in [-0.2, 0) is 4.57 Å². The van der Waals surface area contributed by atoms with Crippen molar-refractivity contribution in [3.63, 3.8) is 0 Å². The molecule has 0 atom stereocenters. The van der Waals surface area contributed by atoms with Crippen molar-refractivity contribution in [2.24, 2.45) is 0 Å². The van der Waals surface area contributed by atoms with E-state index < -0.39 is 7.14 Å². The molecule has 0 aliphatic carbocycles. The molecule has 0 saturated carbocycles. The molecule has 212 valence electrons. The van der Waals surface area contributed by atoms with Crippen molar-refractivity contribution in [1.82, 2.24) is 9.97 Å². The molecule has 7 rings (SSSR count). The minimum atomic E-state index is -2.38. The van der Waals surface area contributed by atoms with Crippen LogP contribution in [0.4, 0.5) is 0 Å². The topological polar surface area (TPSA) is 42.9 Å². The predicted molar refractivity (Wildman–Crippen MR) is 186 cm³/mol. The summed E-state index contributed by atoms with van der Waals surface area (Å²) >= 11 is 0. The average molecular weight is 587 g/mol. The molecule has 44 heavy (non-hydrogen) atoms. The molecule has 0 N–H and O–H groups in total. The lowest BCUT2D eigenvalue weighted by Gasteiger charge is -2.15. The quantitative estimate of drug-likeness (QED) is 0.182. The summed E-state index contributed by atoms with van der Waals surface area (Å²) in [6.45, 7) is 3.65. The molecule has 4 heteroatoms. The highest BCUT2D eigenvalue weighted by Gasteiger charge is 2.15. The molecule has 6 aromatic carbocycles. The monoisotopic (exact) mass is 586 g/mol. The van der Waals surface area contributed by atoms with Gasteiger partial charge >= 0.3 is 0 Å². The highest BCUT2D eigenvalue weighted by atomic mass is 31.2. The third-order valence-electron chi connectivity index (χ3n) is 8.00. The largest absolute Gasteiger partial charge is 0.319 e. The van der Waals surface area contributed by atoms with E-state index in [-0.39, 0.29) is 0 Å². The number of fused-ring (bicyclic) bond motifs is 1. The third kappa shape index (κ3) is 5.51. The number of benzene rings is 6. The Labute approximate surface area is 258 Å². The molecule has 1 aromatic heterocycles. The summed E-state index contributed by atoms with van der Waals surface area (Å²) in [6.07, 6.45) is 0. The van der Waals surface area contributed by atoms with Gasteiger partial charge in [-0.05, 0) is 64.6 Å². The number of hydrogen-bond donors (Lipinski definition) is 0. The summed E-state index contributed by atoms with van der Waals surface area (Å²) in [4.78, 5) is 10.00. The number of hydrogen-bond acceptors (Lipinski definition) is 3. The van der Waals surface area contributed by atoms with E-state index in [2.05, 4.69) is 91.0 Å². The van der Waals surface area contributed by atoms with E-state index in [1.165, 1.54) is 5.39 Å². The molecule has 7 aromatic rings. The van der Waals surface area contributed by atoms with E-state index in [0.717, 1.165) is 61.0 Å². The van der Waals surface area contributed by atoms with E-state index in [4.69, 9.17) is 9.97 Å². The summed E-state index contributed by atoms with van der Waals surface area (Å²) in [5.41, 5.74) is 9.31. The third-order valence-corrected chi connectivity index (χ3v) is 9.52. The fourth-order valence-electron chi connectivity index (χ4n) is 5.73. The molecule has 0 bridgehead atoms. The van der Waals surface area contributed by atoms with Crippen molar-refractivity contribution in [2.75, 3.05) is 13.3 Å². The molecular weight excluding hydrogens is 555 g/mol. The highest BCUT2D eigenvalue weighted by Crippen LogP contribution is 2.39. The molecular formula is C40H31N2OP. The van der Waals surface area contributed by atoms with Crippen LogP contribution in [0.5, 0.6) is 0 Å². The van der Waals surface area contributed by atoms with Gasteiger partial charge in [0.1, 0.15) is 7.14 Å². The zero-order valence-electron chi connectivity index (χ0n) is 24.7. The van der Waals surface area contributed by atoms with Crippen LogP contribution >= 0.6 is 7.14 Å². The standard InChI is InChI=1S/C40H31N2OP/c1-44(2,43)33-20-12-18-31(26-33)35-24-23-34(36-21-9-10-22-37(35)36)30-17-11-19-32(25-30)39-27-38(28-13-5-3-6-14-28)41-40(42-39)29-15-7-4-8-16-29/h3-27H,1-2H3. The Balaban J connectivity index is 1.36. The van der Waals surface area contributed by atoms with E-state index in [9.17, 15) is 4.57 Å². The second-order valence-electron chi connectivity index (χ2n) is 11.4.